The van der Waals surface area contributed by atoms with Gasteiger partial charge in [-0.1, -0.05) is 40.7 Å². The molecule has 1 N–H and O–H groups in total. The fraction of sp³-hybridized carbons (Fsp3) is 0.100. The predicted octanol–water partition coefficient (Wildman–Crippen LogP) is 4.15. The maximum Gasteiger partial charge on any atom is 0.270 e. The van der Waals surface area contributed by atoms with Crippen molar-refractivity contribution >= 4 is 61.4 Å². The van der Waals surface area contributed by atoms with E-state index in [9.17, 15) is 24.5 Å². The number of carbonyl (C=O) groups is 3. The van der Waals surface area contributed by atoms with Crippen molar-refractivity contribution in [3.8, 4) is 0 Å². The molecule has 0 saturated heterocycles. The highest BCUT2D eigenvalue weighted by Gasteiger charge is 2.37. The number of nitrogens with zero attached hydrogens (tertiary/aromatic N) is 3. The number of fused-ring (bicyclic) bond motifs is 1. The number of nitro benzene ring substituents is 1. The van der Waals surface area contributed by atoms with Gasteiger partial charge in [-0.25, -0.2) is 4.98 Å². The van der Waals surface area contributed by atoms with Crippen LogP contribution in [0.3, 0.4) is 0 Å². The Morgan fingerprint density at radius 2 is 2.03 bits per heavy atom. The fourth-order valence-corrected chi connectivity index (χ4v) is 3.63. The Morgan fingerprint density at radius 1 is 1.32 bits per heavy atom. The zero-order valence-electron chi connectivity index (χ0n) is 16.1. The Bertz CT molecular complexity index is 1180. The number of halogens is 1. The summed E-state index contributed by atoms with van der Waals surface area (Å²) in [5, 5.41) is 15.5. The Morgan fingerprint density at radius 3 is 2.68 bits per heavy atom. The van der Waals surface area contributed by atoms with E-state index in [1.807, 2.05) is 19.1 Å². The van der Waals surface area contributed by atoms with E-state index in [4.69, 9.17) is 0 Å². The second kappa shape index (κ2) is 9.14. The van der Waals surface area contributed by atoms with Gasteiger partial charge < -0.3 is 5.32 Å². The Labute approximate surface area is 189 Å². The van der Waals surface area contributed by atoms with Gasteiger partial charge in [-0.2, -0.15) is 0 Å². The van der Waals surface area contributed by atoms with Crippen LogP contribution in [-0.2, 0) is 4.79 Å². The van der Waals surface area contributed by atoms with Crippen molar-refractivity contribution in [2.45, 2.75) is 6.92 Å². The van der Waals surface area contributed by atoms with Crippen LogP contribution < -0.4 is 5.32 Å². The number of imide groups is 1. The molecule has 0 fully saturated rings. The highest BCUT2D eigenvalue weighted by molar-refractivity contribution is 9.11. The van der Waals surface area contributed by atoms with Crippen LogP contribution in [0.15, 0.2) is 52.9 Å². The number of carbonyl (C=O) groups excluding carboxylic acids is 3. The minimum Gasteiger partial charge on any atom is -0.300 e. The van der Waals surface area contributed by atoms with E-state index in [1.165, 1.54) is 17.4 Å². The Hall–Kier alpha value is -3.44. The molecule has 2 heterocycles. The molecule has 1 aliphatic heterocycles. The van der Waals surface area contributed by atoms with Crippen molar-refractivity contribution in [1.82, 2.24) is 9.88 Å². The molecule has 0 radical (unpaired) electrons. The van der Waals surface area contributed by atoms with E-state index >= 15 is 0 Å². The number of benzene rings is 1. The summed E-state index contributed by atoms with van der Waals surface area (Å²) in [4.78, 5) is 52.7. The first kappa shape index (κ1) is 22.2. The topological polar surface area (TPSA) is 123 Å². The molecule has 11 heteroatoms. The molecule has 3 rings (SSSR count). The maximum absolute atomic E-state index is 12.5. The predicted molar refractivity (Wildman–Crippen MR) is 120 cm³/mol. The van der Waals surface area contributed by atoms with Crippen LogP contribution in [0.5, 0.6) is 0 Å². The molecule has 1 aromatic carbocycles. The molecular formula is C20H15BrN4O5S. The molecule has 0 spiro atoms. The molecular weight excluding hydrogens is 488 g/mol. The lowest BCUT2D eigenvalue weighted by atomic mass is 10.1. The summed E-state index contributed by atoms with van der Waals surface area (Å²) in [6.45, 7) is 5.09. The highest BCUT2D eigenvalue weighted by Crippen LogP contribution is 2.27. The summed E-state index contributed by atoms with van der Waals surface area (Å²) < 4.78 is 0.918. The van der Waals surface area contributed by atoms with E-state index in [-0.39, 0.29) is 16.8 Å². The smallest absolute Gasteiger partial charge is 0.270 e. The number of nitro groups is 1. The van der Waals surface area contributed by atoms with Crippen LogP contribution in [0, 0.1) is 10.1 Å². The second-order valence-corrected chi connectivity index (χ2v) is 8.46. The monoisotopic (exact) mass is 502 g/mol. The number of non-ortho nitro benzene ring substituents is 1. The number of hydrogen-bond acceptors (Lipinski definition) is 7. The van der Waals surface area contributed by atoms with Gasteiger partial charge in [-0.3, -0.25) is 29.4 Å². The van der Waals surface area contributed by atoms with Gasteiger partial charge in [0.1, 0.15) is 6.54 Å². The SMILES string of the molecule is C=CC(=CC=C(C)Br)c1csc(NC(=O)CN2C(=O)c3ccc([N+](=O)[O-])cc3C2=O)n1. The molecule has 3 amide bonds. The van der Waals surface area contributed by atoms with Gasteiger partial charge in [-0.05, 0) is 17.5 Å². The number of thiazole rings is 1. The number of nitrogens with one attached hydrogen (secondary N) is 1. The van der Waals surface area contributed by atoms with E-state index in [0.29, 0.717) is 10.8 Å². The average Bonchev–Trinajstić information content (AvgIpc) is 3.27. The van der Waals surface area contributed by atoms with Crippen molar-refractivity contribution in [1.29, 1.82) is 0 Å². The van der Waals surface area contributed by atoms with E-state index in [0.717, 1.165) is 27.1 Å². The molecule has 9 nitrogen and oxygen atoms in total. The van der Waals surface area contributed by atoms with Crippen molar-refractivity contribution < 1.29 is 19.3 Å². The standard InChI is InChI=1S/C20H15BrN4O5S/c1-3-12(5-4-11(2)21)16-10-31-20(22-16)23-17(26)9-24-18(27)14-7-6-13(25(29)30)8-15(14)19(24)28/h3-8,10H,1,9H2,2H3,(H,22,23,26). The molecule has 0 aliphatic carbocycles. The molecule has 2 aromatic rings. The van der Waals surface area contributed by atoms with Gasteiger partial charge in [0.15, 0.2) is 5.13 Å². The molecule has 0 unspecified atom stereocenters. The van der Waals surface area contributed by atoms with Gasteiger partial charge >= 0.3 is 0 Å². The van der Waals surface area contributed by atoms with Crippen molar-refractivity contribution in [3.63, 3.8) is 0 Å². The first-order chi connectivity index (χ1) is 14.7. The summed E-state index contributed by atoms with van der Waals surface area (Å²) >= 11 is 4.51. The van der Waals surface area contributed by atoms with Crippen LogP contribution in [0.25, 0.3) is 5.57 Å². The lowest BCUT2D eigenvalue weighted by molar-refractivity contribution is -0.384. The largest absolute Gasteiger partial charge is 0.300 e. The zero-order valence-corrected chi connectivity index (χ0v) is 18.5. The van der Waals surface area contributed by atoms with Crippen molar-refractivity contribution in [3.05, 3.63) is 79.8 Å². The van der Waals surface area contributed by atoms with Crippen LogP contribution in [0.2, 0.25) is 0 Å². The molecule has 0 atom stereocenters. The quantitative estimate of drug-likeness (QED) is 0.262. The number of allylic oxidation sites excluding steroid dienone is 5. The summed E-state index contributed by atoms with van der Waals surface area (Å²) in [5.74, 6) is -2.06. The van der Waals surface area contributed by atoms with Crippen LogP contribution in [-0.4, -0.2) is 39.1 Å². The van der Waals surface area contributed by atoms with Gasteiger partial charge in [0.2, 0.25) is 5.91 Å². The van der Waals surface area contributed by atoms with Crippen molar-refractivity contribution in [2.75, 3.05) is 11.9 Å². The third-order valence-electron chi connectivity index (χ3n) is 4.23. The summed E-state index contributed by atoms with van der Waals surface area (Å²) in [6.07, 6.45) is 5.28. The van der Waals surface area contributed by atoms with E-state index < -0.39 is 29.2 Å². The molecule has 1 aromatic heterocycles. The second-order valence-electron chi connectivity index (χ2n) is 6.35. The van der Waals surface area contributed by atoms with Gasteiger partial charge in [0.05, 0.1) is 21.7 Å². The third kappa shape index (κ3) is 4.84. The molecule has 0 saturated carbocycles. The first-order valence-electron chi connectivity index (χ1n) is 8.78. The molecule has 0 bridgehead atoms. The summed E-state index contributed by atoms with van der Waals surface area (Å²) in [6, 6.07) is 3.39. The number of hydrogen-bond donors (Lipinski definition) is 1. The van der Waals surface area contributed by atoms with Crippen LogP contribution in [0.4, 0.5) is 10.8 Å². The highest BCUT2D eigenvalue weighted by atomic mass is 79.9. The van der Waals surface area contributed by atoms with E-state index in [1.54, 1.807) is 11.5 Å². The number of rotatable bonds is 7. The van der Waals surface area contributed by atoms with Gasteiger partial charge in [0, 0.05) is 23.1 Å². The minimum atomic E-state index is -0.757. The Kier molecular flexibility index (Phi) is 6.56. The number of amides is 3. The Balaban J connectivity index is 1.71. The number of aromatic nitrogens is 1. The molecule has 31 heavy (non-hydrogen) atoms. The molecule has 1 aliphatic rings. The fourth-order valence-electron chi connectivity index (χ4n) is 2.76. The average molecular weight is 503 g/mol. The first-order valence-corrected chi connectivity index (χ1v) is 10.5. The lowest BCUT2D eigenvalue weighted by Gasteiger charge is -2.12. The summed E-state index contributed by atoms with van der Waals surface area (Å²) in [5.41, 5.74) is 0.971. The van der Waals surface area contributed by atoms with Gasteiger partial charge in [-0.15, -0.1) is 11.3 Å². The molecule has 158 valence electrons. The number of anilines is 1. The van der Waals surface area contributed by atoms with Crippen molar-refractivity contribution in [2.24, 2.45) is 0 Å². The summed E-state index contributed by atoms with van der Waals surface area (Å²) in [7, 11) is 0. The lowest BCUT2D eigenvalue weighted by Crippen LogP contribution is -2.37. The zero-order chi connectivity index (χ0) is 22.7. The maximum atomic E-state index is 12.5. The normalized spacial score (nSPS) is 13.9. The third-order valence-corrected chi connectivity index (χ3v) is 5.25. The van der Waals surface area contributed by atoms with Crippen LogP contribution >= 0.6 is 27.3 Å². The van der Waals surface area contributed by atoms with E-state index in [2.05, 4.69) is 32.8 Å². The minimum absolute atomic E-state index is 0.0239. The van der Waals surface area contributed by atoms with Gasteiger partial charge in [0.25, 0.3) is 17.5 Å². The van der Waals surface area contributed by atoms with Crippen LogP contribution in [0.1, 0.15) is 33.3 Å².